The molecule has 0 aliphatic rings. The first-order chi connectivity index (χ1) is 9.59. The number of carboxylic acid groups (broad SMARTS) is 1. The Hall–Kier alpha value is -0.960. The van der Waals surface area contributed by atoms with E-state index in [2.05, 4.69) is 20.7 Å². The van der Waals surface area contributed by atoms with Crippen molar-refractivity contribution in [2.45, 2.75) is 25.2 Å². The van der Waals surface area contributed by atoms with Crippen molar-refractivity contribution in [2.75, 3.05) is 13.2 Å². The highest BCUT2D eigenvalue weighted by Crippen LogP contribution is 2.25. The fraction of sp³-hybridized carbons (Fsp3) is 0.462. The minimum atomic E-state index is -3.76. The molecule has 0 aromatic heterocycles. The second-order valence-corrected chi connectivity index (χ2v) is 8.00. The van der Waals surface area contributed by atoms with Gasteiger partial charge in [-0.3, -0.25) is 0 Å². The van der Waals surface area contributed by atoms with Gasteiger partial charge in [0.15, 0.2) is 0 Å². The molecule has 8 heteroatoms. The highest BCUT2D eigenvalue weighted by Gasteiger charge is 2.24. The molecule has 3 N–H and O–H groups in total. The van der Waals surface area contributed by atoms with Crippen molar-refractivity contribution in [1.29, 1.82) is 0 Å². The van der Waals surface area contributed by atoms with E-state index in [0.29, 0.717) is 6.42 Å². The Bertz CT molecular complexity index is 627. The molecule has 0 bridgehead atoms. The minimum absolute atomic E-state index is 0.00133. The maximum atomic E-state index is 12.2. The summed E-state index contributed by atoms with van der Waals surface area (Å²) in [5.41, 5.74) is -0.378. The van der Waals surface area contributed by atoms with Gasteiger partial charge >= 0.3 is 5.97 Å². The van der Waals surface area contributed by atoms with E-state index in [0.717, 1.165) is 0 Å². The summed E-state index contributed by atoms with van der Waals surface area (Å²) in [5.74, 6) is -1.13. The van der Waals surface area contributed by atoms with Gasteiger partial charge in [-0.15, -0.1) is 0 Å². The van der Waals surface area contributed by atoms with Crippen molar-refractivity contribution in [1.82, 2.24) is 4.72 Å². The first-order valence-electron chi connectivity index (χ1n) is 6.22. The lowest BCUT2D eigenvalue weighted by atomic mass is 9.90. The summed E-state index contributed by atoms with van der Waals surface area (Å²) in [6.07, 6.45) is 0.467. The van der Waals surface area contributed by atoms with Crippen molar-refractivity contribution >= 4 is 31.9 Å². The lowest BCUT2D eigenvalue weighted by molar-refractivity contribution is 0.0696. The number of halogens is 1. The van der Waals surface area contributed by atoms with Gasteiger partial charge in [0, 0.05) is 17.6 Å². The van der Waals surface area contributed by atoms with E-state index in [1.165, 1.54) is 18.2 Å². The SMILES string of the molecule is CC(C)(CCO)CNS(=O)(=O)c1ccc(C(=O)O)cc1Br. The molecule has 118 valence electrons. The van der Waals surface area contributed by atoms with Gasteiger partial charge in [0.2, 0.25) is 10.0 Å². The number of carboxylic acids is 1. The van der Waals surface area contributed by atoms with E-state index in [1.807, 2.05) is 13.8 Å². The number of aromatic carboxylic acids is 1. The second kappa shape index (κ2) is 6.87. The van der Waals surface area contributed by atoms with Gasteiger partial charge in [-0.1, -0.05) is 13.8 Å². The average Bonchev–Trinajstić information content (AvgIpc) is 2.36. The topological polar surface area (TPSA) is 104 Å². The fourth-order valence-corrected chi connectivity index (χ4v) is 3.93. The van der Waals surface area contributed by atoms with Crippen molar-refractivity contribution in [3.63, 3.8) is 0 Å². The Kier molecular flexibility index (Phi) is 5.92. The summed E-state index contributed by atoms with van der Waals surface area (Å²) in [7, 11) is -3.76. The molecule has 0 aliphatic carbocycles. The van der Waals surface area contributed by atoms with E-state index in [9.17, 15) is 13.2 Å². The fourth-order valence-electron chi connectivity index (χ4n) is 1.61. The third kappa shape index (κ3) is 5.06. The van der Waals surface area contributed by atoms with Crippen molar-refractivity contribution in [3.8, 4) is 0 Å². The van der Waals surface area contributed by atoms with E-state index in [-0.39, 0.29) is 33.5 Å². The molecule has 0 heterocycles. The Morgan fingerprint density at radius 2 is 2.00 bits per heavy atom. The van der Waals surface area contributed by atoms with Gasteiger partial charge in [-0.25, -0.2) is 17.9 Å². The first kappa shape index (κ1) is 18.1. The molecule has 0 unspecified atom stereocenters. The maximum absolute atomic E-state index is 12.2. The summed E-state index contributed by atoms with van der Waals surface area (Å²) in [4.78, 5) is 10.8. The summed E-state index contributed by atoms with van der Waals surface area (Å²) < 4.78 is 27.1. The molecule has 0 amide bonds. The van der Waals surface area contributed by atoms with Crippen LogP contribution in [0, 0.1) is 5.41 Å². The highest BCUT2D eigenvalue weighted by atomic mass is 79.9. The number of benzene rings is 1. The van der Waals surface area contributed by atoms with E-state index >= 15 is 0 Å². The summed E-state index contributed by atoms with van der Waals surface area (Å²) in [6, 6.07) is 3.73. The summed E-state index contributed by atoms with van der Waals surface area (Å²) in [6.45, 7) is 3.83. The molecular formula is C13H18BrNO5S. The molecule has 1 aromatic carbocycles. The Morgan fingerprint density at radius 3 is 2.48 bits per heavy atom. The van der Waals surface area contributed by atoms with Crippen LogP contribution in [0.2, 0.25) is 0 Å². The largest absolute Gasteiger partial charge is 0.478 e. The van der Waals surface area contributed by atoms with Crippen LogP contribution < -0.4 is 4.72 Å². The molecule has 0 fully saturated rings. The number of aliphatic hydroxyl groups excluding tert-OH is 1. The van der Waals surface area contributed by atoms with Crippen LogP contribution in [0.4, 0.5) is 0 Å². The van der Waals surface area contributed by atoms with Gasteiger partial charge in [0.1, 0.15) is 0 Å². The van der Waals surface area contributed by atoms with Gasteiger partial charge in [0.25, 0.3) is 0 Å². The zero-order valence-electron chi connectivity index (χ0n) is 11.8. The zero-order chi connectivity index (χ0) is 16.3. The molecular weight excluding hydrogens is 362 g/mol. The van der Waals surface area contributed by atoms with Gasteiger partial charge in [-0.2, -0.15) is 0 Å². The first-order valence-corrected chi connectivity index (χ1v) is 8.50. The minimum Gasteiger partial charge on any atom is -0.478 e. The maximum Gasteiger partial charge on any atom is 0.335 e. The van der Waals surface area contributed by atoms with Crippen LogP contribution in [0.25, 0.3) is 0 Å². The van der Waals surface area contributed by atoms with Crippen LogP contribution in [0.3, 0.4) is 0 Å². The molecule has 21 heavy (non-hydrogen) atoms. The van der Waals surface area contributed by atoms with Crippen LogP contribution in [-0.2, 0) is 10.0 Å². The summed E-state index contributed by atoms with van der Waals surface area (Å²) >= 11 is 3.08. The van der Waals surface area contributed by atoms with Gasteiger partial charge in [0.05, 0.1) is 10.5 Å². The normalized spacial score (nSPS) is 12.4. The zero-order valence-corrected chi connectivity index (χ0v) is 14.2. The van der Waals surface area contributed by atoms with Crippen molar-refractivity contribution in [2.24, 2.45) is 5.41 Å². The third-order valence-electron chi connectivity index (χ3n) is 3.00. The molecule has 0 spiro atoms. The van der Waals surface area contributed by atoms with Crippen LogP contribution in [0.5, 0.6) is 0 Å². The smallest absolute Gasteiger partial charge is 0.335 e. The van der Waals surface area contributed by atoms with Crippen molar-refractivity contribution < 1.29 is 23.4 Å². The van der Waals surface area contributed by atoms with E-state index in [1.54, 1.807) is 0 Å². The highest BCUT2D eigenvalue weighted by molar-refractivity contribution is 9.10. The number of aliphatic hydroxyl groups is 1. The molecule has 0 atom stereocenters. The standard InChI is InChI=1S/C13H18BrNO5S/c1-13(2,5-6-16)8-15-21(19,20)11-4-3-9(12(17)18)7-10(11)14/h3-4,7,15-16H,5-6,8H2,1-2H3,(H,17,18). The molecule has 1 aromatic rings. The molecule has 1 rings (SSSR count). The lowest BCUT2D eigenvalue weighted by Gasteiger charge is -2.23. The number of hydrogen-bond donors (Lipinski definition) is 3. The lowest BCUT2D eigenvalue weighted by Crippen LogP contribution is -2.34. The van der Waals surface area contributed by atoms with E-state index in [4.69, 9.17) is 10.2 Å². The number of rotatable bonds is 7. The molecule has 0 aliphatic heterocycles. The monoisotopic (exact) mass is 379 g/mol. The van der Waals surface area contributed by atoms with Crippen LogP contribution in [0.1, 0.15) is 30.6 Å². The molecule has 0 saturated carbocycles. The van der Waals surface area contributed by atoms with Gasteiger partial charge < -0.3 is 10.2 Å². The van der Waals surface area contributed by atoms with Crippen LogP contribution in [0.15, 0.2) is 27.6 Å². The van der Waals surface area contributed by atoms with E-state index < -0.39 is 16.0 Å². The van der Waals surface area contributed by atoms with Gasteiger partial charge in [-0.05, 0) is 46.0 Å². The van der Waals surface area contributed by atoms with Crippen molar-refractivity contribution in [3.05, 3.63) is 28.2 Å². The number of sulfonamides is 1. The predicted molar refractivity (Wildman–Crippen MR) is 81.8 cm³/mol. The number of carbonyl (C=O) groups is 1. The Balaban J connectivity index is 2.96. The summed E-state index contributed by atoms with van der Waals surface area (Å²) in [5, 5.41) is 17.8. The predicted octanol–water partition coefficient (Wildman–Crippen LogP) is 1.83. The quantitative estimate of drug-likeness (QED) is 0.670. The second-order valence-electron chi connectivity index (χ2n) is 5.41. The number of hydrogen-bond acceptors (Lipinski definition) is 4. The number of nitrogens with one attached hydrogen (secondary N) is 1. The molecule has 0 saturated heterocycles. The molecule has 0 radical (unpaired) electrons. The molecule has 6 nitrogen and oxygen atoms in total. The Labute approximate surface area is 132 Å². The van der Waals surface area contributed by atoms with Crippen LogP contribution >= 0.6 is 15.9 Å². The third-order valence-corrected chi connectivity index (χ3v) is 5.38. The Morgan fingerprint density at radius 1 is 1.38 bits per heavy atom. The van der Waals surface area contributed by atoms with Crippen LogP contribution in [-0.4, -0.2) is 37.8 Å². The average molecular weight is 380 g/mol.